The number of phenols is 1. The molecule has 1 aliphatic heterocycles. The van der Waals surface area contributed by atoms with Crippen LogP contribution in [0.2, 0.25) is 5.02 Å². The van der Waals surface area contributed by atoms with Crippen LogP contribution in [-0.4, -0.2) is 31.3 Å². The van der Waals surface area contributed by atoms with Crippen molar-refractivity contribution in [2.24, 2.45) is 0 Å². The summed E-state index contributed by atoms with van der Waals surface area (Å²) in [6.07, 6.45) is 0. The van der Waals surface area contributed by atoms with Crippen molar-refractivity contribution in [1.82, 2.24) is 0 Å². The molecule has 3 aromatic rings. The molecule has 0 saturated heterocycles. The summed E-state index contributed by atoms with van der Waals surface area (Å²) < 4.78 is 11.8. The maximum absolute atomic E-state index is 13.0. The Morgan fingerprint density at radius 3 is 2.41 bits per heavy atom. The first-order valence-electron chi connectivity index (χ1n) is 10.6. The van der Waals surface area contributed by atoms with Gasteiger partial charge in [0.1, 0.15) is 11.5 Å². The number of methoxy groups -OCH3 is 1. The predicted octanol–water partition coefficient (Wildman–Crippen LogP) is 5.67. The van der Waals surface area contributed by atoms with Gasteiger partial charge >= 0.3 is 5.97 Å². The van der Waals surface area contributed by atoms with Gasteiger partial charge in [-0.1, -0.05) is 29.8 Å². The SMILES string of the molecule is CCN(CC)c1ccc(C2(c3cc(Cl)c(C)cc3OC)OC(=O)c3ccccc32)c(O)c1. The second-order valence-corrected chi connectivity index (χ2v) is 8.20. The quantitative estimate of drug-likeness (QED) is 0.489. The van der Waals surface area contributed by atoms with Gasteiger partial charge in [0.2, 0.25) is 0 Å². The van der Waals surface area contributed by atoms with Crippen LogP contribution in [0.5, 0.6) is 11.5 Å². The molecular formula is C26H26ClNO4. The van der Waals surface area contributed by atoms with Gasteiger partial charge in [0.05, 0.1) is 12.7 Å². The fraction of sp³-hybridized carbons (Fsp3) is 0.269. The second kappa shape index (κ2) is 8.40. The molecule has 0 spiro atoms. The first-order valence-corrected chi connectivity index (χ1v) is 11.0. The van der Waals surface area contributed by atoms with Gasteiger partial charge in [-0.2, -0.15) is 0 Å². The van der Waals surface area contributed by atoms with Gasteiger partial charge in [-0.15, -0.1) is 0 Å². The minimum absolute atomic E-state index is 0.0256. The van der Waals surface area contributed by atoms with E-state index >= 15 is 0 Å². The first kappa shape index (κ1) is 22.0. The lowest BCUT2D eigenvalue weighted by Crippen LogP contribution is -2.30. The highest BCUT2D eigenvalue weighted by molar-refractivity contribution is 6.31. The molecule has 1 aliphatic rings. The van der Waals surface area contributed by atoms with Crippen molar-refractivity contribution >= 4 is 23.3 Å². The fourth-order valence-electron chi connectivity index (χ4n) is 4.46. The highest BCUT2D eigenvalue weighted by Gasteiger charge is 2.51. The Labute approximate surface area is 193 Å². The van der Waals surface area contributed by atoms with E-state index in [1.165, 1.54) is 0 Å². The van der Waals surface area contributed by atoms with E-state index < -0.39 is 11.6 Å². The zero-order valence-corrected chi connectivity index (χ0v) is 19.4. The summed E-state index contributed by atoms with van der Waals surface area (Å²) in [5.74, 6) is 0.0767. The smallest absolute Gasteiger partial charge is 0.340 e. The van der Waals surface area contributed by atoms with Crippen molar-refractivity contribution in [2.75, 3.05) is 25.1 Å². The molecule has 1 N–H and O–H groups in total. The molecule has 0 radical (unpaired) electrons. The second-order valence-electron chi connectivity index (χ2n) is 7.79. The van der Waals surface area contributed by atoms with Crippen LogP contribution < -0.4 is 9.64 Å². The number of halogens is 1. The number of carbonyl (C=O) groups is 1. The Morgan fingerprint density at radius 1 is 1.03 bits per heavy atom. The molecule has 32 heavy (non-hydrogen) atoms. The lowest BCUT2D eigenvalue weighted by molar-refractivity contribution is 0.0239. The van der Waals surface area contributed by atoms with Crippen molar-refractivity contribution in [3.05, 3.63) is 87.4 Å². The molecule has 0 amide bonds. The van der Waals surface area contributed by atoms with E-state index in [0.717, 1.165) is 24.3 Å². The summed E-state index contributed by atoms with van der Waals surface area (Å²) in [7, 11) is 1.56. The molecule has 5 nitrogen and oxygen atoms in total. The largest absolute Gasteiger partial charge is 0.507 e. The minimum Gasteiger partial charge on any atom is -0.507 e. The third kappa shape index (κ3) is 3.28. The molecule has 0 fully saturated rings. The summed E-state index contributed by atoms with van der Waals surface area (Å²) in [5, 5.41) is 11.7. The highest BCUT2D eigenvalue weighted by Crippen LogP contribution is 2.53. The number of rotatable bonds is 6. The fourth-order valence-corrected chi connectivity index (χ4v) is 4.63. The van der Waals surface area contributed by atoms with Crippen LogP contribution >= 0.6 is 11.6 Å². The van der Waals surface area contributed by atoms with Gasteiger partial charge in [-0.25, -0.2) is 4.79 Å². The normalized spacial score (nSPS) is 17.1. The number of benzene rings is 3. The number of esters is 1. The predicted molar refractivity (Wildman–Crippen MR) is 126 cm³/mol. The number of nitrogens with zero attached hydrogens (tertiary/aromatic N) is 1. The van der Waals surface area contributed by atoms with Crippen molar-refractivity contribution in [3.8, 4) is 11.5 Å². The topological polar surface area (TPSA) is 59.0 Å². The zero-order valence-electron chi connectivity index (χ0n) is 18.6. The molecule has 0 bridgehead atoms. The number of aromatic hydroxyl groups is 1. The van der Waals surface area contributed by atoms with E-state index in [4.69, 9.17) is 21.1 Å². The third-order valence-electron chi connectivity index (χ3n) is 6.12. The lowest BCUT2D eigenvalue weighted by Gasteiger charge is -2.33. The molecular weight excluding hydrogens is 426 g/mol. The number of carbonyl (C=O) groups excluding carboxylic acids is 1. The summed E-state index contributed by atoms with van der Waals surface area (Å²) in [6.45, 7) is 7.61. The number of aryl methyl sites for hydroxylation is 1. The summed E-state index contributed by atoms with van der Waals surface area (Å²) in [4.78, 5) is 15.1. The molecule has 0 aromatic heterocycles. The molecule has 6 heteroatoms. The van der Waals surface area contributed by atoms with Crippen LogP contribution in [0.1, 0.15) is 46.5 Å². The van der Waals surface area contributed by atoms with E-state index in [9.17, 15) is 9.90 Å². The Kier molecular flexibility index (Phi) is 5.78. The molecule has 1 unspecified atom stereocenters. The van der Waals surface area contributed by atoms with Crippen LogP contribution in [0.25, 0.3) is 0 Å². The molecule has 0 saturated carbocycles. The molecule has 0 aliphatic carbocycles. The molecule has 1 heterocycles. The number of hydrogen-bond donors (Lipinski definition) is 1. The van der Waals surface area contributed by atoms with Crippen LogP contribution in [0, 0.1) is 6.92 Å². The standard InChI is InChI=1S/C26H26ClNO4/c1-5-28(6-2)17-11-12-20(23(29)14-17)26(19-10-8-7-9-18(19)25(30)32-26)21-15-22(27)16(3)13-24(21)31-4/h7-15,29H,5-6H2,1-4H3. The van der Waals surface area contributed by atoms with E-state index in [0.29, 0.717) is 33.0 Å². The number of hydrogen-bond acceptors (Lipinski definition) is 5. The lowest BCUT2D eigenvalue weighted by atomic mass is 9.78. The Balaban J connectivity index is 2.05. The maximum Gasteiger partial charge on any atom is 0.340 e. The summed E-state index contributed by atoms with van der Waals surface area (Å²) in [5.41, 5.74) is 2.40. The van der Waals surface area contributed by atoms with E-state index in [2.05, 4.69) is 18.7 Å². The van der Waals surface area contributed by atoms with Crippen molar-refractivity contribution in [3.63, 3.8) is 0 Å². The molecule has 3 aromatic carbocycles. The van der Waals surface area contributed by atoms with E-state index in [-0.39, 0.29) is 5.75 Å². The first-order chi connectivity index (χ1) is 15.4. The van der Waals surface area contributed by atoms with Crippen LogP contribution in [0.4, 0.5) is 5.69 Å². The number of phenolic OH excluding ortho intramolecular Hbond substituents is 1. The summed E-state index contributed by atoms with van der Waals surface area (Å²) >= 11 is 6.51. The van der Waals surface area contributed by atoms with Crippen LogP contribution in [0.15, 0.2) is 54.6 Å². The van der Waals surface area contributed by atoms with Gasteiger partial charge in [0, 0.05) is 46.6 Å². The Hall–Kier alpha value is -3.18. The average Bonchev–Trinajstić information content (AvgIpc) is 3.09. The van der Waals surface area contributed by atoms with E-state index in [1.807, 2.05) is 37.3 Å². The number of anilines is 1. The van der Waals surface area contributed by atoms with Gasteiger partial charge in [0.25, 0.3) is 0 Å². The number of cyclic esters (lactones) is 1. The molecule has 166 valence electrons. The van der Waals surface area contributed by atoms with Crippen molar-refractivity contribution in [1.29, 1.82) is 0 Å². The number of fused-ring (bicyclic) bond motifs is 1. The highest BCUT2D eigenvalue weighted by atomic mass is 35.5. The van der Waals surface area contributed by atoms with E-state index in [1.54, 1.807) is 31.4 Å². The third-order valence-corrected chi connectivity index (χ3v) is 6.53. The Morgan fingerprint density at radius 2 is 1.75 bits per heavy atom. The van der Waals surface area contributed by atoms with Gasteiger partial charge in [0.15, 0.2) is 5.60 Å². The average molecular weight is 452 g/mol. The Bertz CT molecular complexity index is 1190. The van der Waals surface area contributed by atoms with Crippen LogP contribution in [0.3, 0.4) is 0 Å². The minimum atomic E-state index is -1.40. The van der Waals surface area contributed by atoms with Gasteiger partial charge in [-0.05, 0) is 56.7 Å². The van der Waals surface area contributed by atoms with Crippen molar-refractivity contribution < 1.29 is 19.4 Å². The zero-order chi connectivity index (χ0) is 23.0. The monoisotopic (exact) mass is 451 g/mol. The molecule has 4 rings (SSSR count). The molecule has 1 atom stereocenters. The number of ether oxygens (including phenoxy) is 2. The van der Waals surface area contributed by atoms with Crippen molar-refractivity contribution in [2.45, 2.75) is 26.4 Å². The van der Waals surface area contributed by atoms with Crippen LogP contribution in [-0.2, 0) is 10.3 Å². The van der Waals surface area contributed by atoms with Gasteiger partial charge < -0.3 is 19.5 Å². The van der Waals surface area contributed by atoms with Gasteiger partial charge in [-0.3, -0.25) is 0 Å². The maximum atomic E-state index is 13.0. The summed E-state index contributed by atoms with van der Waals surface area (Å²) in [6, 6.07) is 16.2.